The van der Waals surface area contributed by atoms with Crippen molar-refractivity contribution in [3.63, 3.8) is 0 Å². The lowest BCUT2D eigenvalue weighted by atomic mass is 9.85. The Morgan fingerprint density at radius 2 is 2.12 bits per heavy atom. The zero-order valence-electron chi connectivity index (χ0n) is 15.4. The monoisotopic (exact) mass is 373 g/mol. The lowest BCUT2D eigenvalue weighted by Crippen LogP contribution is -2.45. The van der Waals surface area contributed by atoms with Gasteiger partial charge in [0.25, 0.3) is 0 Å². The maximum Gasteiger partial charge on any atom is 0.124 e. The summed E-state index contributed by atoms with van der Waals surface area (Å²) >= 11 is 1.86. The molecule has 2 aliphatic heterocycles. The van der Waals surface area contributed by atoms with Gasteiger partial charge >= 0.3 is 0 Å². The second-order valence-electron chi connectivity index (χ2n) is 7.18. The van der Waals surface area contributed by atoms with Crippen LogP contribution in [0.3, 0.4) is 0 Å². The fourth-order valence-corrected chi connectivity index (χ4v) is 5.38. The molecule has 1 spiro atoms. The van der Waals surface area contributed by atoms with E-state index < -0.39 is 0 Å². The molecule has 0 aliphatic carbocycles. The summed E-state index contributed by atoms with van der Waals surface area (Å²) in [6.07, 6.45) is 3.18. The minimum absolute atomic E-state index is 0.0152. The molecule has 26 heavy (non-hydrogen) atoms. The van der Waals surface area contributed by atoms with Crippen molar-refractivity contribution >= 4 is 11.3 Å². The first kappa shape index (κ1) is 18.0. The van der Waals surface area contributed by atoms with Crippen LogP contribution in [0.15, 0.2) is 29.6 Å². The molecular formula is C21H27NO3S. The largest absolute Gasteiger partial charge is 0.494 e. The molecule has 2 aliphatic rings. The Kier molecular flexibility index (Phi) is 5.32. The normalized spacial score (nSPS) is 19.5. The van der Waals surface area contributed by atoms with E-state index in [1.54, 1.807) is 0 Å². The van der Waals surface area contributed by atoms with Crippen LogP contribution in [-0.4, -0.2) is 36.3 Å². The van der Waals surface area contributed by atoms with E-state index in [4.69, 9.17) is 9.47 Å². The summed E-state index contributed by atoms with van der Waals surface area (Å²) in [5.74, 6) is 0.789. The van der Waals surface area contributed by atoms with Crippen LogP contribution in [0.2, 0.25) is 0 Å². The van der Waals surface area contributed by atoms with E-state index in [0.717, 1.165) is 56.8 Å². The highest BCUT2D eigenvalue weighted by Gasteiger charge is 2.41. The zero-order chi connectivity index (χ0) is 18.0. The Bertz CT molecular complexity index is 749. The molecule has 0 saturated carbocycles. The van der Waals surface area contributed by atoms with Gasteiger partial charge in [-0.05, 0) is 60.9 Å². The number of benzene rings is 1. The Morgan fingerprint density at radius 3 is 2.88 bits per heavy atom. The van der Waals surface area contributed by atoms with E-state index in [9.17, 15) is 5.11 Å². The number of likely N-dealkylation sites (tertiary alicyclic amines) is 1. The highest BCUT2D eigenvalue weighted by atomic mass is 32.1. The molecule has 4 rings (SSSR count). The van der Waals surface area contributed by atoms with Crippen LogP contribution in [0.25, 0.3) is 0 Å². The summed E-state index contributed by atoms with van der Waals surface area (Å²) in [5, 5.41) is 11.8. The average molecular weight is 374 g/mol. The van der Waals surface area contributed by atoms with Gasteiger partial charge in [-0.25, -0.2) is 0 Å². The van der Waals surface area contributed by atoms with Crippen molar-refractivity contribution < 1.29 is 14.6 Å². The molecule has 0 bridgehead atoms. The van der Waals surface area contributed by atoms with E-state index in [-0.39, 0.29) is 12.2 Å². The summed E-state index contributed by atoms with van der Waals surface area (Å²) in [6, 6.07) is 8.44. The molecular weight excluding hydrogens is 346 g/mol. The van der Waals surface area contributed by atoms with Crippen LogP contribution in [0.1, 0.15) is 41.3 Å². The van der Waals surface area contributed by atoms with E-state index in [1.807, 2.05) is 24.3 Å². The third-order valence-electron chi connectivity index (χ3n) is 5.58. The number of aliphatic hydroxyl groups is 1. The van der Waals surface area contributed by atoms with Crippen molar-refractivity contribution in [2.75, 3.05) is 26.3 Å². The van der Waals surface area contributed by atoms with Crippen molar-refractivity contribution in [2.24, 2.45) is 0 Å². The summed E-state index contributed by atoms with van der Waals surface area (Å²) in [6.45, 7) is 6.44. The first-order valence-corrected chi connectivity index (χ1v) is 10.4. The van der Waals surface area contributed by atoms with Crippen LogP contribution in [0.4, 0.5) is 0 Å². The van der Waals surface area contributed by atoms with Gasteiger partial charge in [-0.3, -0.25) is 4.90 Å². The van der Waals surface area contributed by atoms with Gasteiger partial charge in [0.15, 0.2) is 0 Å². The molecule has 1 aromatic heterocycles. The Balaban J connectivity index is 1.42. The van der Waals surface area contributed by atoms with Crippen molar-refractivity contribution in [3.8, 4) is 5.75 Å². The number of hydrogen-bond acceptors (Lipinski definition) is 5. The van der Waals surface area contributed by atoms with E-state index in [2.05, 4.69) is 28.5 Å². The number of rotatable bonds is 5. The number of nitrogens with zero attached hydrogens (tertiary/aromatic N) is 1. The molecule has 1 fully saturated rings. The third kappa shape index (κ3) is 3.41. The van der Waals surface area contributed by atoms with Gasteiger partial charge in [0.05, 0.1) is 19.8 Å². The van der Waals surface area contributed by atoms with Crippen LogP contribution >= 0.6 is 11.3 Å². The third-order valence-corrected chi connectivity index (χ3v) is 6.72. The molecule has 140 valence electrons. The molecule has 4 nitrogen and oxygen atoms in total. The van der Waals surface area contributed by atoms with Crippen molar-refractivity contribution in [2.45, 2.75) is 44.9 Å². The molecule has 0 unspecified atom stereocenters. The molecule has 1 N–H and O–H groups in total. The molecule has 5 heteroatoms. The maximum absolute atomic E-state index is 9.60. The summed E-state index contributed by atoms with van der Waals surface area (Å²) < 4.78 is 11.9. The van der Waals surface area contributed by atoms with Crippen LogP contribution in [0, 0.1) is 0 Å². The maximum atomic E-state index is 9.60. The topological polar surface area (TPSA) is 41.9 Å². The van der Waals surface area contributed by atoms with E-state index in [1.165, 1.54) is 16.0 Å². The molecule has 1 aromatic carbocycles. The van der Waals surface area contributed by atoms with Crippen LogP contribution in [0.5, 0.6) is 5.75 Å². The number of thiophene rings is 1. The number of piperidine rings is 1. The molecule has 0 atom stereocenters. The average Bonchev–Trinajstić information content (AvgIpc) is 3.16. The second kappa shape index (κ2) is 7.69. The van der Waals surface area contributed by atoms with Crippen molar-refractivity contribution in [1.29, 1.82) is 0 Å². The number of fused-ring (bicyclic) bond motifs is 2. The highest BCUT2D eigenvalue weighted by Crippen LogP contribution is 2.44. The number of hydrogen-bond donors (Lipinski definition) is 1. The minimum atomic E-state index is -0.0483. The van der Waals surface area contributed by atoms with Gasteiger partial charge in [0.2, 0.25) is 0 Å². The predicted octanol–water partition coefficient (Wildman–Crippen LogP) is 3.70. The van der Waals surface area contributed by atoms with Gasteiger partial charge in [0, 0.05) is 30.1 Å². The van der Waals surface area contributed by atoms with Gasteiger partial charge < -0.3 is 14.6 Å². The van der Waals surface area contributed by atoms with E-state index in [0.29, 0.717) is 6.61 Å². The molecule has 3 heterocycles. The number of aliphatic hydroxyl groups excluding tert-OH is 1. The van der Waals surface area contributed by atoms with Gasteiger partial charge in [-0.1, -0.05) is 6.07 Å². The Labute approximate surface area is 159 Å². The zero-order valence-corrected chi connectivity index (χ0v) is 16.2. The summed E-state index contributed by atoms with van der Waals surface area (Å²) in [7, 11) is 0. The second-order valence-corrected chi connectivity index (χ2v) is 8.09. The number of ether oxygens (including phenoxy) is 2. The molecule has 0 amide bonds. The lowest BCUT2D eigenvalue weighted by molar-refractivity contribution is -0.0960. The smallest absolute Gasteiger partial charge is 0.124 e. The quantitative estimate of drug-likeness (QED) is 0.868. The lowest BCUT2D eigenvalue weighted by Gasteiger charge is -2.43. The SMILES string of the molecule is CCOc1ccc(CN2CCC3(CC2)OCCc2ccsc23)cc1CO. The highest BCUT2D eigenvalue weighted by molar-refractivity contribution is 7.10. The summed E-state index contributed by atoms with van der Waals surface area (Å²) in [5.41, 5.74) is 3.55. The fourth-order valence-electron chi connectivity index (χ4n) is 4.21. The molecule has 1 saturated heterocycles. The molecule has 2 aromatic rings. The molecule has 0 radical (unpaired) electrons. The van der Waals surface area contributed by atoms with Crippen molar-refractivity contribution in [1.82, 2.24) is 4.90 Å². The van der Waals surface area contributed by atoms with E-state index >= 15 is 0 Å². The van der Waals surface area contributed by atoms with Gasteiger partial charge in [0.1, 0.15) is 11.4 Å². The first-order valence-electron chi connectivity index (χ1n) is 9.53. The Morgan fingerprint density at radius 1 is 1.27 bits per heavy atom. The first-order chi connectivity index (χ1) is 12.7. The van der Waals surface area contributed by atoms with Gasteiger partial charge in [-0.2, -0.15) is 0 Å². The van der Waals surface area contributed by atoms with Crippen LogP contribution < -0.4 is 4.74 Å². The predicted molar refractivity (Wildman–Crippen MR) is 104 cm³/mol. The summed E-state index contributed by atoms with van der Waals surface area (Å²) in [4.78, 5) is 3.96. The van der Waals surface area contributed by atoms with Crippen LogP contribution in [-0.2, 0) is 29.9 Å². The standard InChI is InChI=1S/C21H27NO3S/c1-2-24-19-4-3-16(13-18(19)15-23)14-22-9-7-21(8-10-22)20-17(5-11-25-21)6-12-26-20/h3-4,6,12-13,23H,2,5,7-11,14-15H2,1H3. The van der Waals surface area contributed by atoms with Crippen molar-refractivity contribution in [3.05, 3.63) is 51.2 Å². The van der Waals surface area contributed by atoms with Gasteiger partial charge in [-0.15, -0.1) is 11.3 Å². The minimum Gasteiger partial charge on any atom is -0.494 e. The Hall–Kier alpha value is -1.40. The fraction of sp³-hybridized carbons (Fsp3) is 0.524.